The first kappa shape index (κ1) is 32.5. The number of carbonyl (C=O) groups is 1. The van der Waals surface area contributed by atoms with E-state index in [1.54, 1.807) is 0 Å². The number of fused-ring (bicyclic) bond motifs is 5. The monoisotopic (exact) mass is 610 g/mol. The molecule has 4 rings (SSSR count). The summed E-state index contributed by atoms with van der Waals surface area (Å²) >= 11 is 0. The van der Waals surface area contributed by atoms with Crippen molar-refractivity contribution in [2.75, 3.05) is 6.61 Å². The summed E-state index contributed by atoms with van der Waals surface area (Å²) < 4.78 is 66.0. The van der Waals surface area contributed by atoms with Gasteiger partial charge in [-0.15, -0.1) is 0 Å². The minimum Gasteiger partial charge on any atom is -0.861 e. The third-order valence-electron chi connectivity index (χ3n) is 11.4. The summed E-state index contributed by atoms with van der Waals surface area (Å²) in [5.41, 5.74) is -6.13. The van der Waals surface area contributed by atoms with Crippen LogP contribution in [0.4, 0.5) is 13.2 Å². The van der Waals surface area contributed by atoms with E-state index < -0.39 is 58.0 Å². The topological polar surface area (TPSA) is 157 Å². The average Bonchev–Trinajstić information content (AvgIpc) is 3.21. The minimum atomic E-state index is -5.93. The van der Waals surface area contributed by atoms with Gasteiger partial charge in [0.15, 0.2) is 0 Å². The van der Waals surface area contributed by atoms with E-state index in [0.717, 1.165) is 25.7 Å². The normalized spacial score (nSPS) is 42.1. The van der Waals surface area contributed by atoms with E-state index in [4.69, 9.17) is 4.74 Å². The van der Waals surface area contributed by atoms with Gasteiger partial charge in [0, 0.05) is 12.8 Å². The summed E-state index contributed by atoms with van der Waals surface area (Å²) in [6, 6.07) is 0. The van der Waals surface area contributed by atoms with Gasteiger partial charge in [0.1, 0.15) is 0 Å². The molecule has 9 nitrogen and oxygen atoms in total. The molecule has 3 N–H and O–H groups in total. The van der Waals surface area contributed by atoms with Crippen LogP contribution in [0.5, 0.6) is 0 Å². The van der Waals surface area contributed by atoms with Crippen molar-refractivity contribution in [2.45, 2.75) is 109 Å². The molecule has 11 atom stereocenters. The Bertz CT molecular complexity index is 1120. The highest BCUT2D eigenvalue weighted by Crippen LogP contribution is 2.68. The lowest BCUT2D eigenvalue weighted by atomic mass is 9.43. The van der Waals surface area contributed by atoms with E-state index in [1.807, 2.05) is 6.92 Å². The lowest BCUT2D eigenvalue weighted by Gasteiger charge is -2.63. The van der Waals surface area contributed by atoms with Gasteiger partial charge in [-0.2, -0.15) is 26.0 Å². The second-order valence-electron chi connectivity index (χ2n) is 13.4. The number of alkyl halides is 3. The lowest BCUT2D eigenvalue weighted by Crippen LogP contribution is -2.62. The van der Waals surface area contributed by atoms with Gasteiger partial charge in [0.05, 0.1) is 24.9 Å². The molecule has 0 radical (unpaired) electrons. The summed E-state index contributed by atoms with van der Waals surface area (Å²) in [4.78, 5) is 12.3. The average molecular weight is 611 g/mol. The fourth-order valence-corrected chi connectivity index (χ4v) is 9.70. The molecule has 4 aliphatic rings. The highest BCUT2D eigenvalue weighted by atomic mass is 32.2. The Kier molecular flexibility index (Phi) is 9.17. The molecule has 0 spiro atoms. The first-order valence-corrected chi connectivity index (χ1v) is 16.1. The first-order chi connectivity index (χ1) is 18.9. The van der Waals surface area contributed by atoms with Crippen LogP contribution >= 0.6 is 0 Å². The Hall–Kier alpha value is -1.44. The van der Waals surface area contributed by atoms with Crippen molar-refractivity contribution in [1.29, 1.82) is 0 Å². The number of aliphatic hydroxyl groups excluding tert-OH is 3. The number of esters is 1. The molecule has 4 saturated carbocycles. The second-order valence-corrected chi connectivity index (χ2v) is 15.0. The van der Waals surface area contributed by atoms with Gasteiger partial charge in [-0.25, -0.2) is 0 Å². The van der Waals surface area contributed by atoms with Crippen molar-refractivity contribution in [1.82, 2.24) is 0 Å². The summed E-state index contributed by atoms with van der Waals surface area (Å²) in [6.45, 7) is 5.83. The van der Waals surface area contributed by atoms with E-state index in [1.165, 1.54) is 0 Å². The standard InChI is InChI=1S/C28H44F3NO8S/c1-15(4-7-24(37)40-11-9-23(36)32-41(38,39)28(29,30)31)18-5-6-19-25-20(14-22(35)27(18,19)3)26(2)10-8-17(33)12-16(26)13-21(25)34/h15-22,25,33-35H,4-14H2,1-3H3,(H,32,36)/p-1/t15-,16+,17?,18-,19+,20+,21?,22?,25+,26+,27-/m1/s1. The van der Waals surface area contributed by atoms with Crippen molar-refractivity contribution in [3.63, 3.8) is 0 Å². The maximum absolute atomic E-state index is 12.3. The Morgan fingerprint density at radius 2 is 1.76 bits per heavy atom. The van der Waals surface area contributed by atoms with Crippen LogP contribution in [0.1, 0.15) is 85.0 Å². The molecule has 0 aromatic rings. The van der Waals surface area contributed by atoms with Crippen molar-refractivity contribution in [3.8, 4) is 0 Å². The number of nitrogens with zero attached hydrogens (tertiary/aromatic N) is 1. The Labute approximate surface area is 239 Å². The zero-order valence-corrected chi connectivity index (χ0v) is 24.7. The van der Waals surface area contributed by atoms with E-state index >= 15 is 0 Å². The molecule has 0 saturated heterocycles. The quantitative estimate of drug-likeness (QED) is 0.215. The smallest absolute Gasteiger partial charge is 0.518 e. The van der Waals surface area contributed by atoms with Crippen molar-refractivity contribution >= 4 is 21.9 Å². The SMILES string of the molecule is C[C@H](CCC(=O)OCCC([O-])=NS(=O)(=O)C(F)(F)F)[C@H]1CC[C@H]2[C@@H]3C(O)C[C@@H]4CC(O)CC[C@]4(C)[C@H]3CC(O)[C@]12C. The van der Waals surface area contributed by atoms with E-state index in [9.17, 15) is 46.8 Å². The molecule has 4 aliphatic carbocycles. The molecule has 0 aliphatic heterocycles. The molecule has 0 amide bonds. The number of sulfonamides is 1. The van der Waals surface area contributed by atoms with Crippen molar-refractivity contribution in [3.05, 3.63) is 0 Å². The number of rotatable bonds is 8. The largest absolute Gasteiger partial charge is 0.861 e. The van der Waals surface area contributed by atoms with Gasteiger partial charge >= 0.3 is 21.5 Å². The van der Waals surface area contributed by atoms with Crippen LogP contribution in [0.3, 0.4) is 0 Å². The zero-order valence-electron chi connectivity index (χ0n) is 23.8. The summed E-state index contributed by atoms with van der Waals surface area (Å²) in [5, 5.41) is 44.8. The molecule has 3 unspecified atom stereocenters. The highest BCUT2D eigenvalue weighted by Gasteiger charge is 2.65. The van der Waals surface area contributed by atoms with Crippen LogP contribution in [0.25, 0.3) is 0 Å². The maximum atomic E-state index is 12.3. The number of carbonyl (C=O) groups excluding carboxylic acids is 1. The van der Waals surface area contributed by atoms with Crippen molar-refractivity contribution < 1.29 is 51.5 Å². The van der Waals surface area contributed by atoms with Crippen molar-refractivity contribution in [2.24, 2.45) is 50.7 Å². The predicted octanol–water partition coefficient (Wildman–Crippen LogP) is 2.91. The van der Waals surface area contributed by atoms with Gasteiger partial charge < -0.3 is 25.2 Å². The zero-order chi connectivity index (χ0) is 30.5. The van der Waals surface area contributed by atoms with Crippen LogP contribution in [0.15, 0.2) is 4.40 Å². The second kappa shape index (κ2) is 11.6. The number of hydrogen-bond donors (Lipinski definition) is 3. The summed E-state index contributed by atoms with van der Waals surface area (Å²) in [7, 11) is -5.93. The number of ether oxygens (including phenoxy) is 1. The summed E-state index contributed by atoms with van der Waals surface area (Å²) in [6.07, 6.45) is 3.61. The molecule has 4 fully saturated rings. The number of hydrogen-bond acceptors (Lipinski definition) is 8. The lowest BCUT2D eigenvalue weighted by molar-refractivity contribution is -0.219. The molecule has 41 heavy (non-hydrogen) atoms. The molecular formula is C28H43F3NO8S-. The van der Waals surface area contributed by atoms with E-state index in [-0.39, 0.29) is 53.4 Å². The molecule has 236 valence electrons. The molecule has 0 aromatic heterocycles. The summed E-state index contributed by atoms with van der Waals surface area (Å²) in [5.74, 6) is -1.44. The maximum Gasteiger partial charge on any atom is 0.518 e. The van der Waals surface area contributed by atoms with Crippen LogP contribution in [-0.4, -0.2) is 66.0 Å². The fraction of sp³-hybridized carbons (Fsp3) is 0.929. The molecule has 0 aromatic carbocycles. The number of halogens is 3. The van der Waals surface area contributed by atoms with Gasteiger partial charge in [-0.1, -0.05) is 20.8 Å². The van der Waals surface area contributed by atoms with Crippen LogP contribution in [0, 0.1) is 46.3 Å². The number of aliphatic hydroxyl groups is 3. The Morgan fingerprint density at radius 3 is 2.41 bits per heavy atom. The van der Waals surface area contributed by atoms with Gasteiger partial charge in [0.2, 0.25) is 0 Å². The third kappa shape index (κ3) is 6.02. The van der Waals surface area contributed by atoms with E-state index in [0.29, 0.717) is 25.7 Å². The van der Waals surface area contributed by atoms with Gasteiger partial charge in [-0.3, -0.25) is 4.79 Å². The minimum absolute atomic E-state index is 0.00253. The first-order valence-electron chi connectivity index (χ1n) is 14.7. The fourth-order valence-electron chi connectivity index (χ4n) is 9.23. The molecular weight excluding hydrogens is 567 g/mol. The van der Waals surface area contributed by atoms with Gasteiger partial charge in [0.25, 0.3) is 0 Å². The Balaban J connectivity index is 1.34. The molecule has 0 bridgehead atoms. The molecule has 0 heterocycles. The van der Waals surface area contributed by atoms with Crippen LogP contribution in [-0.2, 0) is 19.6 Å². The third-order valence-corrected chi connectivity index (χ3v) is 12.4. The Morgan fingerprint density at radius 1 is 1.07 bits per heavy atom. The molecule has 13 heteroatoms. The highest BCUT2D eigenvalue weighted by molar-refractivity contribution is 7.91. The van der Waals surface area contributed by atoms with E-state index in [2.05, 4.69) is 18.2 Å². The van der Waals surface area contributed by atoms with Crippen LogP contribution < -0.4 is 5.11 Å². The predicted molar refractivity (Wildman–Crippen MR) is 140 cm³/mol. The van der Waals surface area contributed by atoms with Gasteiger partial charge in [-0.05, 0) is 104 Å². The van der Waals surface area contributed by atoms with Crippen LogP contribution in [0.2, 0.25) is 0 Å².